The number of rotatable bonds is 4. The van der Waals surface area contributed by atoms with Gasteiger partial charge in [0.2, 0.25) is 0 Å². The molecule has 1 heterocycles. The van der Waals surface area contributed by atoms with Gasteiger partial charge in [-0.3, -0.25) is 4.90 Å². The molecule has 0 fully saturated rings. The molecule has 0 saturated heterocycles. The minimum absolute atomic E-state index is 0.298. The molecule has 0 amide bonds. The third-order valence-corrected chi connectivity index (χ3v) is 4.28. The maximum atomic E-state index is 4.24. The molecule has 1 aromatic carbocycles. The van der Waals surface area contributed by atoms with Gasteiger partial charge < -0.3 is 0 Å². The number of hydrogen-bond acceptors (Lipinski definition) is 4. The summed E-state index contributed by atoms with van der Waals surface area (Å²) in [6, 6.07) is 7.01. The number of aryl methyl sites for hydroxylation is 3. The van der Waals surface area contributed by atoms with E-state index in [9.17, 15) is 0 Å². The summed E-state index contributed by atoms with van der Waals surface area (Å²) in [5, 5.41) is 10.5. The molecule has 0 saturated carbocycles. The van der Waals surface area contributed by atoms with Crippen LogP contribution in [0, 0.1) is 20.8 Å². The van der Waals surface area contributed by atoms with Crippen molar-refractivity contribution in [3.63, 3.8) is 0 Å². The van der Waals surface area contributed by atoms with Gasteiger partial charge in [-0.2, -0.15) is 0 Å². The Kier molecular flexibility index (Phi) is 4.32. The number of aromatic nitrogens is 2. The van der Waals surface area contributed by atoms with E-state index < -0.39 is 0 Å². The normalized spacial score (nSPS) is 12.9. The summed E-state index contributed by atoms with van der Waals surface area (Å²) in [7, 11) is 2.14. The lowest BCUT2D eigenvalue weighted by atomic mass is 10.1. The fourth-order valence-corrected chi connectivity index (χ4v) is 3.07. The molecular weight excluding hydrogens is 254 g/mol. The molecule has 0 bridgehead atoms. The van der Waals surface area contributed by atoms with E-state index in [0.29, 0.717) is 6.04 Å². The van der Waals surface area contributed by atoms with E-state index in [1.54, 1.807) is 11.3 Å². The van der Waals surface area contributed by atoms with E-state index in [-0.39, 0.29) is 0 Å². The smallest absolute Gasteiger partial charge is 0.134 e. The molecule has 0 spiro atoms. The zero-order valence-electron chi connectivity index (χ0n) is 12.3. The molecule has 0 aliphatic carbocycles. The van der Waals surface area contributed by atoms with Gasteiger partial charge in [-0.25, -0.2) is 0 Å². The zero-order valence-corrected chi connectivity index (χ0v) is 13.1. The largest absolute Gasteiger partial charge is 0.293 e. The van der Waals surface area contributed by atoms with Crippen LogP contribution in [0.15, 0.2) is 18.2 Å². The topological polar surface area (TPSA) is 29.0 Å². The summed E-state index contributed by atoms with van der Waals surface area (Å²) in [6.45, 7) is 9.41. The maximum absolute atomic E-state index is 4.24. The molecule has 1 aromatic heterocycles. The molecule has 1 atom stereocenters. The van der Waals surface area contributed by atoms with E-state index in [1.165, 1.54) is 16.7 Å². The molecule has 0 aliphatic rings. The van der Waals surface area contributed by atoms with Crippen LogP contribution in [0.1, 0.15) is 39.7 Å². The first-order chi connectivity index (χ1) is 8.95. The van der Waals surface area contributed by atoms with Crippen molar-refractivity contribution in [1.29, 1.82) is 0 Å². The van der Waals surface area contributed by atoms with Crippen LogP contribution >= 0.6 is 11.3 Å². The maximum Gasteiger partial charge on any atom is 0.134 e. The Morgan fingerprint density at radius 1 is 1.11 bits per heavy atom. The Balaban J connectivity index is 2.10. The molecule has 0 radical (unpaired) electrons. The SMILES string of the molecule is Cc1cc(C)cc(CN(C)[C@@H](C)c2nnc(C)s2)c1. The third-order valence-electron chi connectivity index (χ3n) is 3.27. The van der Waals surface area contributed by atoms with Crippen LogP contribution in [0.4, 0.5) is 0 Å². The number of benzene rings is 1. The Morgan fingerprint density at radius 2 is 1.74 bits per heavy atom. The van der Waals surface area contributed by atoms with E-state index in [4.69, 9.17) is 0 Å². The quantitative estimate of drug-likeness (QED) is 0.852. The Labute approximate surface area is 119 Å². The minimum atomic E-state index is 0.298. The van der Waals surface area contributed by atoms with Crippen molar-refractivity contribution < 1.29 is 0 Å². The van der Waals surface area contributed by atoms with Crippen LogP contribution in [0.25, 0.3) is 0 Å². The summed E-state index contributed by atoms with van der Waals surface area (Å²) in [5.41, 5.74) is 4.00. The molecule has 0 aliphatic heterocycles. The van der Waals surface area contributed by atoms with E-state index in [0.717, 1.165) is 16.6 Å². The summed E-state index contributed by atoms with van der Waals surface area (Å²) in [4.78, 5) is 2.31. The molecule has 2 rings (SSSR count). The highest BCUT2D eigenvalue weighted by Crippen LogP contribution is 2.23. The van der Waals surface area contributed by atoms with Gasteiger partial charge in [-0.15, -0.1) is 21.5 Å². The van der Waals surface area contributed by atoms with Gasteiger partial charge in [-0.05, 0) is 40.3 Å². The van der Waals surface area contributed by atoms with Crippen LogP contribution in [0.3, 0.4) is 0 Å². The second-order valence-electron chi connectivity index (χ2n) is 5.25. The van der Waals surface area contributed by atoms with E-state index >= 15 is 0 Å². The van der Waals surface area contributed by atoms with Crippen molar-refractivity contribution in [3.8, 4) is 0 Å². The molecule has 19 heavy (non-hydrogen) atoms. The fourth-order valence-electron chi connectivity index (χ4n) is 2.25. The molecule has 3 nitrogen and oxygen atoms in total. The highest BCUT2D eigenvalue weighted by atomic mass is 32.1. The number of hydrogen-bond donors (Lipinski definition) is 0. The lowest BCUT2D eigenvalue weighted by molar-refractivity contribution is 0.251. The van der Waals surface area contributed by atoms with Crippen molar-refractivity contribution in [2.45, 2.75) is 40.3 Å². The van der Waals surface area contributed by atoms with E-state index in [1.807, 2.05) is 6.92 Å². The standard InChI is InChI=1S/C15H21N3S/c1-10-6-11(2)8-14(7-10)9-18(5)12(3)15-17-16-13(4)19-15/h6-8,12H,9H2,1-5H3/t12-/m0/s1. The van der Waals surface area contributed by atoms with Crippen molar-refractivity contribution in [1.82, 2.24) is 15.1 Å². The average molecular weight is 275 g/mol. The van der Waals surface area contributed by atoms with Crippen LogP contribution in [-0.4, -0.2) is 22.1 Å². The van der Waals surface area contributed by atoms with Crippen molar-refractivity contribution in [2.24, 2.45) is 0 Å². The fraction of sp³-hybridized carbons (Fsp3) is 0.467. The summed E-state index contributed by atoms with van der Waals surface area (Å²) in [6.07, 6.45) is 0. The first-order valence-electron chi connectivity index (χ1n) is 6.53. The molecule has 2 aromatic rings. The predicted octanol–water partition coefficient (Wildman–Crippen LogP) is 3.66. The van der Waals surface area contributed by atoms with Crippen molar-refractivity contribution >= 4 is 11.3 Å². The van der Waals surface area contributed by atoms with Crippen LogP contribution < -0.4 is 0 Å². The first-order valence-corrected chi connectivity index (χ1v) is 7.35. The predicted molar refractivity (Wildman–Crippen MR) is 80.4 cm³/mol. The molecule has 102 valence electrons. The molecular formula is C15H21N3S. The second-order valence-corrected chi connectivity index (χ2v) is 6.46. The van der Waals surface area contributed by atoms with Gasteiger partial charge in [0.25, 0.3) is 0 Å². The Bertz CT molecular complexity index is 542. The molecule has 0 unspecified atom stereocenters. The summed E-state index contributed by atoms with van der Waals surface area (Å²) in [5.74, 6) is 0. The highest BCUT2D eigenvalue weighted by molar-refractivity contribution is 7.11. The minimum Gasteiger partial charge on any atom is -0.293 e. The lowest BCUT2D eigenvalue weighted by Crippen LogP contribution is -2.22. The van der Waals surface area contributed by atoms with Gasteiger partial charge in [0.15, 0.2) is 0 Å². The van der Waals surface area contributed by atoms with Gasteiger partial charge in [0.1, 0.15) is 10.0 Å². The average Bonchev–Trinajstić information content (AvgIpc) is 2.73. The van der Waals surface area contributed by atoms with Crippen molar-refractivity contribution in [3.05, 3.63) is 44.9 Å². The van der Waals surface area contributed by atoms with Gasteiger partial charge in [0.05, 0.1) is 6.04 Å². The lowest BCUT2D eigenvalue weighted by Gasteiger charge is -2.23. The van der Waals surface area contributed by atoms with Crippen LogP contribution in [0.2, 0.25) is 0 Å². The second kappa shape index (κ2) is 5.80. The molecule has 0 N–H and O–H groups in total. The van der Waals surface area contributed by atoms with E-state index in [2.05, 4.69) is 61.1 Å². The molecule has 4 heteroatoms. The first kappa shape index (κ1) is 14.2. The summed E-state index contributed by atoms with van der Waals surface area (Å²) >= 11 is 1.68. The monoisotopic (exact) mass is 275 g/mol. The number of nitrogens with zero attached hydrogens (tertiary/aromatic N) is 3. The summed E-state index contributed by atoms with van der Waals surface area (Å²) < 4.78 is 0. The Hall–Kier alpha value is -1.26. The third kappa shape index (κ3) is 3.61. The Morgan fingerprint density at radius 3 is 2.26 bits per heavy atom. The van der Waals surface area contributed by atoms with Gasteiger partial charge in [-0.1, -0.05) is 29.3 Å². The highest BCUT2D eigenvalue weighted by Gasteiger charge is 2.16. The van der Waals surface area contributed by atoms with Crippen LogP contribution in [-0.2, 0) is 6.54 Å². The van der Waals surface area contributed by atoms with Crippen LogP contribution in [0.5, 0.6) is 0 Å². The van der Waals surface area contributed by atoms with Gasteiger partial charge >= 0.3 is 0 Å². The van der Waals surface area contributed by atoms with Gasteiger partial charge in [0, 0.05) is 6.54 Å². The van der Waals surface area contributed by atoms with Crippen molar-refractivity contribution in [2.75, 3.05) is 7.05 Å². The zero-order chi connectivity index (χ0) is 14.0.